The minimum atomic E-state index is -0.330. The number of esters is 1. The number of unbranched alkanes of at least 4 members (excludes halogenated alkanes) is 1. The van der Waals surface area contributed by atoms with Crippen LogP contribution >= 0.6 is 0 Å². The molecule has 1 N–H and O–H groups in total. The Labute approximate surface area is 104 Å². The summed E-state index contributed by atoms with van der Waals surface area (Å²) in [6.45, 7) is 12.9. The van der Waals surface area contributed by atoms with Crippen molar-refractivity contribution in [2.45, 2.75) is 39.7 Å². The number of rotatable bonds is 6. The molecule has 0 rings (SSSR count). The zero-order valence-electron chi connectivity index (χ0n) is 11.0. The fraction of sp³-hybridized carbons (Fsp3) is 0.538. The van der Waals surface area contributed by atoms with Crippen LogP contribution in [-0.2, 0) is 14.3 Å². The molecule has 0 aliphatic heterocycles. The smallest absolute Gasteiger partial charge is 0.330 e. The number of nitrogens with one attached hydrogen (secondary N) is 1. The van der Waals surface area contributed by atoms with Crippen LogP contribution in [0.25, 0.3) is 0 Å². The van der Waals surface area contributed by atoms with Gasteiger partial charge in [-0.3, -0.25) is 4.79 Å². The Morgan fingerprint density at radius 3 is 2.18 bits per heavy atom. The van der Waals surface area contributed by atoms with Gasteiger partial charge in [0.25, 0.3) is 0 Å². The van der Waals surface area contributed by atoms with E-state index in [2.05, 4.69) is 23.2 Å². The summed E-state index contributed by atoms with van der Waals surface area (Å²) in [5.41, 5.74) is 0. The number of carbonyl (C=O) groups is 2. The molecule has 0 aliphatic rings. The average molecular weight is 241 g/mol. The Morgan fingerprint density at radius 1 is 1.29 bits per heavy atom. The zero-order chi connectivity index (χ0) is 13.7. The molecule has 0 aliphatic carbocycles. The van der Waals surface area contributed by atoms with Crippen LogP contribution in [0.4, 0.5) is 0 Å². The maximum Gasteiger partial charge on any atom is 0.330 e. The van der Waals surface area contributed by atoms with Gasteiger partial charge >= 0.3 is 5.97 Å². The fourth-order valence-electron chi connectivity index (χ4n) is 0.719. The molecule has 0 atom stereocenters. The van der Waals surface area contributed by atoms with E-state index in [1.165, 1.54) is 12.2 Å². The van der Waals surface area contributed by atoms with Crippen molar-refractivity contribution in [2.24, 2.45) is 0 Å². The van der Waals surface area contributed by atoms with E-state index in [0.717, 1.165) is 12.8 Å². The molecule has 0 aromatic heterocycles. The summed E-state index contributed by atoms with van der Waals surface area (Å²) in [7, 11) is 0. The third kappa shape index (κ3) is 17.1. The molecule has 4 heteroatoms. The SMILES string of the molecule is C=CC(=O)NC(C)C.C=CC(=O)OCCCC. The van der Waals surface area contributed by atoms with Crippen molar-refractivity contribution in [1.29, 1.82) is 0 Å². The molecule has 0 unspecified atom stereocenters. The summed E-state index contributed by atoms with van der Waals surface area (Å²) < 4.78 is 4.67. The molecule has 17 heavy (non-hydrogen) atoms. The van der Waals surface area contributed by atoms with E-state index < -0.39 is 0 Å². The summed E-state index contributed by atoms with van der Waals surface area (Å²) in [6.07, 6.45) is 4.42. The lowest BCUT2D eigenvalue weighted by Crippen LogP contribution is -2.27. The van der Waals surface area contributed by atoms with Crippen LogP contribution in [-0.4, -0.2) is 24.5 Å². The Hall–Kier alpha value is -1.58. The van der Waals surface area contributed by atoms with Gasteiger partial charge in [-0.2, -0.15) is 0 Å². The van der Waals surface area contributed by atoms with Gasteiger partial charge in [-0.25, -0.2) is 4.79 Å². The van der Waals surface area contributed by atoms with E-state index in [9.17, 15) is 9.59 Å². The lowest BCUT2D eigenvalue weighted by Gasteiger charge is -2.02. The number of amides is 1. The quantitative estimate of drug-likeness (QED) is 0.440. The highest BCUT2D eigenvalue weighted by Crippen LogP contribution is 1.88. The molecular weight excluding hydrogens is 218 g/mol. The van der Waals surface area contributed by atoms with Crippen LogP contribution in [0.15, 0.2) is 25.3 Å². The molecular formula is C13H23NO3. The Morgan fingerprint density at radius 2 is 1.88 bits per heavy atom. The third-order valence-corrected chi connectivity index (χ3v) is 1.53. The molecule has 0 heterocycles. The van der Waals surface area contributed by atoms with Gasteiger partial charge in [0.05, 0.1) is 6.61 Å². The molecule has 1 amide bonds. The van der Waals surface area contributed by atoms with Crippen molar-refractivity contribution in [3.05, 3.63) is 25.3 Å². The summed E-state index contributed by atoms with van der Waals surface area (Å²) in [5.74, 6) is -0.441. The Balaban J connectivity index is 0. The second kappa shape index (κ2) is 12.5. The number of carbonyl (C=O) groups excluding carboxylic acids is 2. The van der Waals surface area contributed by atoms with Crippen LogP contribution in [0.2, 0.25) is 0 Å². The fourth-order valence-corrected chi connectivity index (χ4v) is 0.719. The predicted molar refractivity (Wildman–Crippen MR) is 69.5 cm³/mol. The Kier molecular flexibility index (Phi) is 13.1. The van der Waals surface area contributed by atoms with Gasteiger partial charge < -0.3 is 10.1 Å². The maximum absolute atomic E-state index is 10.4. The van der Waals surface area contributed by atoms with Gasteiger partial charge in [0.2, 0.25) is 5.91 Å². The van der Waals surface area contributed by atoms with Crippen LogP contribution in [0, 0.1) is 0 Å². The second-order valence-electron chi connectivity index (χ2n) is 3.59. The molecule has 98 valence electrons. The van der Waals surface area contributed by atoms with Crippen molar-refractivity contribution in [2.75, 3.05) is 6.61 Å². The summed E-state index contributed by atoms with van der Waals surface area (Å²) in [4.78, 5) is 20.7. The summed E-state index contributed by atoms with van der Waals surface area (Å²) >= 11 is 0. The molecule has 0 bridgehead atoms. The number of hydrogen-bond acceptors (Lipinski definition) is 3. The predicted octanol–water partition coefficient (Wildman–Crippen LogP) is 2.21. The molecule has 0 fully saturated rings. The lowest BCUT2D eigenvalue weighted by atomic mass is 10.4. The van der Waals surface area contributed by atoms with Crippen LogP contribution in [0.5, 0.6) is 0 Å². The average Bonchev–Trinajstić information content (AvgIpc) is 2.29. The van der Waals surface area contributed by atoms with Gasteiger partial charge in [0.1, 0.15) is 0 Å². The van der Waals surface area contributed by atoms with Crippen molar-refractivity contribution < 1.29 is 14.3 Å². The monoisotopic (exact) mass is 241 g/mol. The van der Waals surface area contributed by atoms with Crippen molar-refractivity contribution in [1.82, 2.24) is 5.32 Å². The zero-order valence-corrected chi connectivity index (χ0v) is 11.0. The lowest BCUT2D eigenvalue weighted by molar-refractivity contribution is -0.137. The first-order chi connectivity index (χ1) is 7.97. The minimum Gasteiger partial charge on any atom is -0.463 e. The molecule has 4 nitrogen and oxygen atoms in total. The van der Waals surface area contributed by atoms with Gasteiger partial charge in [-0.05, 0) is 26.3 Å². The van der Waals surface area contributed by atoms with Crippen LogP contribution in [0.1, 0.15) is 33.6 Å². The first-order valence-electron chi connectivity index (χ1n) is 5.70. The Bertz CT molecular complexity index is 247. The number of ether oxygens (including phenoxy) is 1. The maximum atomic E-state index is 10.4. The second-order valence-corrected chi connectivity index (χ2v) is 3.59. The third-order valence-electron chi connectivity index (χ3n) is 1.53. The van der Waals surface area contributed by atoms with Gasteiger partial charge in [-0.15, -0.1) is 0 Å². The molecule has 0 saturated carbocycles. The van der Waals surface area contributed by atoms with E-state index >= 15 is 0 Å². The highest BCUT2D eigenvalue weighted by Gasteiger charge is 1.93. The van der Waals surface area contributed by atoms with Gasteiger partial charge in [0.15, 0.2) is 0 Å². The normalized spacial score (nSPS) is 8.71. The standard InChI is InChI=1S/C7H12O2.C6H11NO/c1-3-5-6-9-7(8)4-2;1-4-6(8)7-5(2)3/h4H,2-3,5-6H2,1H3;4-5H,1H2,2-3H3,(H,7,8). The van der Waals surface area contributed by atoms with Crippen molar-refractivity contribution in [3.63, 3.8) is 0 Å². The molecule has 0 spiro atoms. The molecule has 0 aromatic rings. The van der Waals surface area contributed by atoms with Gasteiger partial charge in [0, 0.05) is 12.1 Å². The van der Waals surface area contributed by atoms with Crippen molar-refractivity contribution >= 4 is 11.9 Å². The highest BCUT2D eigenvalue weighted by atomic mass is 16.5. The highest BCUT2D eigenvalue weighted by molar-refractivity contribution is 5.86. The molecule has 0 aromatic carbocycles. The van der Waals surface area contributed by atoms with E-state index in [0.29, 0.717) is 6.61 Å². The van der Waals surface area contributed by atoms with E-state index in [-0.39, 0.29) is 17.9 Å². The molecule has 0 saturated heterocycles. The number of hydrogen-bond donors (Lipinski definition) is 1. The van der Waals surface area contributed by atoms with Crippen LogP contribution in [0.3, 0.4) is 0 Å². The van der Waals surface area contributed by atoms with E-state index in [4.69, 9.17) is 0 Å². The van der Waals surface area contributed by atoms with Gasteiger partial charge in [-0.1, -0.05) is 26.5 Å². The summed E-state index contributed by atoms with van der Waals surface area (Å²) in [6, 6.07) is 0.209. The van der Waals surface area contributed by atoms with Crippen molar-refractivity contribution in [3.8, 4) is 0 Å². The molecule has 0 radical (unpaired) electrons. The topological polar surface area (TPSA) is 55.4 Å². The first kappa shape index (κ1) is 17.8. The van der Waals surface area contributed by atoms with E-state index in [1.807, 2.05) is 20.8 Å². The van der Waals surface area contributed by atoms with Crippen LogP contribution < -0.4 is 5.32 Å². The largest absolute Gasteiger partial charge is 0.463 e. The van der Waals surface area contributed by atoms with E-state index in [1.54, 1.807) is 0 Å². The minimum absolute atomic E-state index is 0.111. The first-order valence-corrected chi connectivity index (χ1v) is 5.70. The summed E-state index contributed by atoms with van der Waals surface area (Å²) in [5, 5.41) is 2.64.